The summed E-state index contributed by atoms with van der Waals surface area (Å²) >= 11 is 1.48. The van der Waals surface area contributed by atoms with Gasteiger partial charge in [0.2, 0.25) is 11.8 Å². The molecule has 3 N–H and O–H groups in total. The second-order valence-corrected chi connectivity index (χ2v) is 7.01. The van der Waals surface area contributed by atoms with E-state index in [1.54, 1.807) is 36.4 Å². The van der Waals surface area contributed by atoms with Crippen molar-refractivity contribution in [1.82, 2.24) is 5.32 Å². The molecule has 0 unspecified atom stereocenters. The van der Waals surface area contributed by atoms with Crippen molar-refractivity contribution in [3.8, 4) is 0 Å². The number of carbonyl (C=O) groups is 3. The van der Waals surface area contributed by atoms with Crippen LogP contribution in [0.2, 0.25) is 0 Å². The number of hydrogen-bond donors (Lipinski definition) is 3. The van der Waals surface area contributed by atoms with E-state index in [4.69, 9.17) is 4.42 Å². The molecule has 2 heterocycles. The lowest BCUT2D eigenvalue weighted by Crippen LogP contribution is -2.29. The predicted octanol–water partition coefficient (Wildman–Crippen LogP) is 3.80. The van der Waals surface area contributed by atoms with Crippen LogP contribution in [-0.2, 0) is 9.59 Å². The summed E-state index contributed by atoms with van der Waals surface area (Å²) < 4.78 is 5.06. The van der Waals surface area contributed by atoms with Gasteiger partial charge in [-0.2, -0.15) is 0 Å². The van der Waals surface area contributed by atoms with Crippen LogP contribution in [0.3, 0.4) is 0 Å². The highest BCUT2D eigenvalue weighted by Gasteiger charge is 2.18. The first kappa shape index (κ1) is 19.4. The molecule has 0 spiro atoms. The van der Waals surface area contributed by atoms with Crippen molar-refractivity contribution in [2.24, 2.45) is 0 Å². The van der Waals surface area contributed by atoms with E-state index in [0.717, 1.165) is 4.88 Å². The van der Waals surface area contributed by atoms with Gasteiger partial charge in [-0.3, -0.25) is 14.4 Å². The topological polar surface area (TPSA) is 100 Å². The smallest absolute Gasteiger partial charge is 0.291 e. The van der Waals surface area contributed by atoms with Crippen molar-refractivity contribution >= 4 is 40.4 Å². The first-order chi connectivity index (χ1) is 13.5. The zero-order chi connectivity index (χ0) is 19.9. The lowest BCUT2D eigenvalue weighted by Gasteiger charge is -2.16. The molecule has 2 aromatic heterocycles. The molecule has 0 aliphatic rings. The summed E-state index contributed by atoms with van der Waals surface area (Å²) in [6.45, 7) is 1.42. The van der Waals surface area contributed by atoms with Crippen molar-refractivity contribution in [3.05, 3.63) is 70.8 Å². The third-order valence-electron chi connectivity index (χ3n) is 3.80. The minimum Gasteiger partial charge on any atom is -0.459 e. The Bertz CT molecular complexity index is 952. The maximum Gasteiger partial charge on any atom is 0.291 e. The van der Waals surface area contributed by atoms with Crippen LogP contribution in [-0.4, -0.2) is 17.7 Å². The SMILES string of the molecule is CC(=O)N[C@@H](CC(=O)Nc1cccc(NC(=O)c2ccco2)c1)c1cccs1. The van der Waals surface area contributed by atoms with E-state index in [1.807, 2.05) is 17.5 Å². The molecular weight excluding hydrogens is 378 g/mol. The summed E-state index contributed by atoms with van der Waals surface area (Å²) in [5.41, 5.74) is 1.06. The van der Waals surface area contributed by atoms with E-state index in [1.165, 1.54) is 24.5 Å². The van der Waals surface area contributed by atoms with Crippen molar-refractivity contribution in [3.63, 3.8) is 0 Å². The van der Waals surface area contributed by atoms with Crippen molar-refractivity contribution in [1.29, 1.82) is 0 Å². The van der Waals surface area contributed by atoms with Crippen LogP contribution < -0.4 is 16.0 Å². The minimum atomic E-state index is -0.390. The molecule has 0 aliphatic carbocycles. The van der Waals surface area contributed by atoms with Gasteiger partial charge in [-0.1, -0.05) is 12.1 Å². The Hall–Kier alpha value is -3.39. The molecule has 8 heteroatoms. The van der Waals surface area contributed by atoms with Gasteiger partial charge in [0, 0.05) is 23.2 Å². The van der Waals surface area contributed by atoms with Crippen LogP contribution in [0.5, 0.6) is 0 Å². The van der Waals surface area contributed by atoms with E-state index in [9.17, 15) is 14.4 Å². The number of benzene rings is 1. The van der Waals surface area contributed by atoms with E-state index >= 15 is 0 Å². The Morgan fingerprint density at radius 1 is 1.04 bits per heavy atom. The summed E-state index contributed by atoms with van der Waals surface area (Å²) in [6, 6.07) is 13.4. The van der Waals surface area contributed by atoms with Crippen LogP contribution in [0.25, 0.3) is 0 Å². The van der Waals surface area contributed by atoms with E-state index in [2.05, 4.69) is 16.0 Å². The van der Waals surface area contributed by atoms with E-state index in [-0.39, 0.29) is 35.9 Å². The molecule has 3 amide bonds. The van der Waals surface area contributed by atoms with Crippen molar-refractivity contribution in [2.75, 3.05) is 10.6 Å². The van der Waals surface area contributed by atoms with Crippen LogP contribution in [0, 0.1) is 0 Å². The lowest BCUT2D eigenvalue weighted by atomic mass is 10.1. The molecule has 0 radical (unpaired) electrons. The number of anilines is 2. The molecule has 7 nitrogen and oxygen atoms in total. The highest BCUT2D eigenvalue weighted by molar-refractivity contribution is 7.10. The second kappa shape index (κ2) is 9.01. The van der Waals surface area contributed by atoms with Crippen LogP contribution in [0.4, 0.5) is 11.4 Å². The number of nitrogens with one attached hydrogen (secondary N) is 3. The highest BCUT2D eigenvalue weighted by Crippen LogP contribution is 2.23. The fraction of sp³-hybridized carbons (Fsp3) is 0.150. The molecule has 0 saturated heterocycles. The number of carbonyl (C=O) groups excluding carboxylic acids is 3. The van der Waals surface area contributed by atoms with Crippen LogP contribution in [0.15, 0.2) is 64.6 Å². The van der Waals surface area contributed by atoms with E-state index in [0.29, 0.717) is 11.4 Å². The average molecular weight is 397 g/mol. The van der Waals surface area contributed by atoms with Gasteiger partial charge in [0.05, 0.1) is 18.7 Å². The lowest BCUT2D eigenvalue weighted by molar-refractivity contribution is -0.120. The van der Waals surface area contributed by atoms with Gasteiger partial charge in [-0.05, 0) is 41.8 Å². The van der Waals surface area contributed by atoms with Crippen molar-refractivity contribution < 1.29 is 18.8 Å². The van der Waals surface area contributed by atoms with Crippen molar-refractivity contribution in [2.45, 2.75) is 19.4 Å². The molecule has 1 aromatic carbocycles. The number of furan rings is 1. The number of hydrogen-bond acceptors (Lipinski definition) is 5. The van der Waals surface area contributed by atoms with Gasteiger partial charge in [0.1, 0.15) is 0 Å². The Morgan fingerprint density at radius 3 is 2.46 bits per heavy atom. The first-order valence-corrected chi connectivity index (χ1v) is 9.44. The molecule has 0 saturated carbocycles. The average Bonchev–Trinajstić information content (AvgIpc) is 3.35. The Balaban J connectivity index is 1.63. The molecule has 28 heavy (non-hydrogen) atoms. The summed E-state index contributed by atoms with van der Waals surface area (Å²) in [4.78, 5) is 36.9. The van der Waals surface area contributed by atoms with Gasteiger partial charge >= 0.3 is 0 Å². The monoisotopic (exact) mass is 397 g/mol. The summed E-state index contributed by atoms with van der Waals surface area (Å²) in [5.74, 6) is -0.629. The maximum absolute atomic E-state index is 12.5. The Kier molecular flexibility index (Phi) is 6.23. The number of rotatable bonds is 7. The maximum atomic E-state index is 12.5. The first-order valence-electron chi connectivity index (χ1n) is 8.56. The van der Waals surface area contributed by atoms with E-state index < -0.39 is 0 Å². The minimum absolute atomic E-state index is 0.100. The van der Waals surface area contributed by atoms with Gasteiger partial charge in [0.25, 0.3) is 5.91 Å². The normalized spacial score (nSPS) is 11.5. The fourth-order valence-electron chi connectivity index (χ4n) is 2.63. The van der Waals surface area contributed by atoms with Gasteiger partial charge in [0.15, 0.2) is 5.76 Å². The molecule has 144 valence electrons. The third kappa shape index (κ3) is 5.31. The number of amides is 3. The van der Waals surface area contributed by atoms with Gasteiger partial charge in [-0.15, -0.1) is 11.3 Å². The van der Waals surface area contributed by atoms with Gasteiger partial charge < -0.3 is 20.4 Å². The predicted molar refractivity (Wildman–Crippen MR) is 107 cm³/mol. The third-order valence-corrected chi connectivity index (χ3v) is 4.79. The Morgan fingerprint density at radius 2 is 1.82 bits per heavy atom. The number of thiophene rings is 1. The van der Waals surface area contributed by atoms with Crippen LogP contribution in [0.1, 0.15) is 34.8 Å². The molecule has 0 fully saturated rings. The highest BCUT2D eigenvalue weighted by atomic mass is 32.1. The summed E-state index contributed by atoms with van der Waals surface area (Å²) in [5, 5.41) is 10.2. The molecular formula is C20H19N3O4S. The molecule has 0 bridgehead atoms. The fourth-order valence-corrected chi connectivity index (χ4v) is 3.41. The second-order valence-electron chi connectivity index (χ2n) is 6.03. The molecule has 0 aliphatic heterocycles. The quantitative estimate of drug-likeness (QED) is 0.564. The molecule has 3 aromatic rings. The van der Waals surface area contributed by atoms with Crippen LogP contribution >= 0.6 is 11.3 Å². The largest absolute Gasteiger partial charge is 0.459 e. The zero-order valence-electron chi connectivity index (χ0n) is 15.1. The van der Waals surface area contributed by atoms with Gasteiger partial charge in [-0.25, -0.2) is 0 Å². The molecule has 1 atom stereocenters. The zero-order valence-corrected chi connectivity index (χ0v) is 15.9. The Labute approximate surface area is 165 Å². The summed E-state index contributed by atoms with van der Waals surface area (Å²) in [6.07, 6.45) is 1.52. The standard InChI is InChI=1S/C20H19N3O4S/c1-13(24)21-16(18-8-4-10-28-18)12-19(25)22-14-5-2-6-15(11-14)23-20(26)17-7-3-9-27-17/h2-11,16H,12H2,1H3,(H,21,24)(H,22,25)(H,23,26)/t16-/m0/s1. The molecule has 3 rings (SSSR count). The summed E-state index contributed by atoms with van der Waals surface area (Å²) in [7, 11) is 0.